The molecule has 20 heavy (non-hydrogen) atoms. The maximum Gasteiger partial charge on any atom is 0.246 e. The first-order chi connectivity index (χ1) is 9.34. The minimum atomic E-state index is -4.02. The molecule has 7 heteroatoms. The maximum atomic E-state index is 13.7. The highest BCUT2D eigenvalue weighted by atomic mass is 32.2. The number of nitrogens with two attached hydrogens (primary N) is 1. The second kappa shape index (κ2) is 5.75. The third-order valence-corrected chi connectivity index (χ3v) is 5.58. The topological polar surface area (TPSA) is 63.4 Å². The molecule has 1 heterocycles. The van der Waals surface area contributed by atoms with Crippen LogP contribution in [-0.4, -0.2) is 31.9 Å². The van der Waals surface area contributed by atoms with Gasteiger partial charge in [0, 0.05) is 19.1 Å². The molecule has 0 bridgehead atoms. The van der Waals surface area contributed by atoms with Crippen LogP contribution in [-0.2, 0) is 10.0 Å². The molecule has 1 aromatic rings. The van der Waals surface area contributed by atoms with E-state index in [1.165, 1.54) is 10.4 Å². The molecule has 1 fully saturated rings. The Morgan fingerprint density at radius 1 is 1.40 bits per heavy atom. The smallest absolute Gasteiger partial charge is 0.246 e. The van der Waals surface area contributed by atoms with Crippen LogP contribution in [0.5, 0.6) is 0 Å². The van der Waals surface area contributed by atoms with E-state index in [9.17, 15) is 17.2 Å². The van der Waals surface area contributed by atoms with Crippen molar-refractivity contribution in [1.82, 2.24) is 4.31 Å². The second-order valence-electron chi connectivity index (χ2n) is 5.18. The Bertz CT molecular complexity index is 590. The summed E-state index contributed by atoms with van der Waals surface area (Å²) >= 11 is 0. The molecule has 0 aliphatic carbocycles. The van der Waals surface area contributed by atoms with Crippen molar-refractivity contribution in [3.8, 4) is 0 Å². The average Bonchev–Trinajstić information content (AvgIpc) is 2.41. The van der Waals surface area contributed by atoms with Crippen LogP contribution in [0.2, 0.25) is 0 Å². The zero-order chi connectivity index (χ0) is 14.9. The minimum absolute atomic E-state index is 0.0372. The van der Waals surface area contributed by atoms with Gasteiger partial charge in [0.15, 0.2) is 11.6 Å². The first-order valence-electron chi connectivity index (χ1n) is 6.53. The normalized spacial score (nSPS) is 22.7. The highest BCUT2D eigenvalue weighted by Gasteiger charge is 2.33. The van der Waals surface area contributed by atoms with E-state index in [0.717, 1.165) is 18.6 Å². The molecule has 0 amide bonds. The summed E-state index contributed by atoms with van der Waals surface area (Å²) in [5, 5.41) is 0. The van der Waals surface area contributed by atoms with Crippen molar-refractivity contribution in [2.24, 2.45) is 11.7 Å². The van der Waals surface area contributed by atoms with Crippen molar-refractivity contribution in [2.45, 2.75) is 30.7 Å². The van der Waals surface area contributed by atoms with Crippen molar-refractivity contribution in [3.63, 3.8) is 0 Å². The predicted octanol–water partition coefficient (Wildman–Crippen LogP) is 1.71. The Balaban J connectivity index is 2.33. The zero-order valence-corrected chi connectivity index (χ0v) is 12.0. The van der Waals surface area contributed by atoms with E-state index in [0.29, 0.717) is 13.0 Å². The molecular weight excluding hydrogens is 286 g/mol. The van der Waals surface area contributed by atoms with Crippen LogP contribution in [0.15, 0.2) is 23.1 Å². The number of hydrogen-bond donors (Lipinski definition) is 1. The summed E-state index contributed by atoms with van der Waals surface area (Å²) in [5.41, 5.74) is 5.81. The highest BCUT2D eigenvalue weighted by Crippen LogP contribution is 2.27. The number of sulfonamides is 1. The van der Waals surface area contributed by atoms with Crippen molar-refractivity contribution >= 4 is 10.0 Å². The molecule has 0 aromatic heterocycles. The van der Waals surface area contributed by atoms with E-state index in [2.05, 4.69) is 0 Å². The van der Waals surface area contributed by atoms with Gasteiger partial charge in [-0.25, -0.2) is 17.2 Å². The minimum Gasteiger partial charge on any atom is -0.328 e. The second-order valence-corrected chi connectivity index (χ2v) is 7.08. The van der Waals surface area contributed by atoms with Gasteiger partial charge >= 0.3 is 0 Å². The maximum absolute atomic E-state index is 13.7. The summed E-state index contributed by atoms with van der Waals surface area (Å²) in [4.78, 5) is -0.608. The number of benzene rings is 1. The Morgan fingerprint density at radius 2 is 2.10 bits per heavy atom. The molecule has 2 atom stereocenters. The van der Waals surface area contributed by atoms with Gasteiger partial charge < -0.3 is 5.73 Å². The van der Waals surface area contributed by atoms with Crippen LogP contribution in [0.25, 0.3) is 0 Å². The van der Waals surface area contributed by atoms with Gasteiger partial charge in [-0.1, -0.05) is 6.07 Å². The Morgan fingerprint density at radius 3 is 2.75 bits per heavy atom. The molecule has 0 saturated carbocycles. The average molecular weight is 304 g/mol. The molecule has 1 saturated heterocycles. The summed E-state index contributed by atoms with van der Waals surface area (Å²) < 4.78 is 52.9. The van der Waals surface area contributed by atoms with Gasteiger partial charge in [-0.3, -0.25) is 0 Å². The van der Waals surface area contributed by atoms with Crippen molar-refractivity contribution < 1.29 is 17.2 Å². The van der Waals surface area contributed by atoms with E-state index in [-0.39, 0.29) is 18.5 Å². The van der Waals surface area contributed by atoms with Gasteiger partial charge in [0.2, 0.25) is 10.0 Å². The molecule has 1 aliphatic heterocycles. The van der Waals surface area contributed by atoms with Crippen LogP contribution in [0, 0.1) is 17.6 Å². The number of nitrogens with zero attached hydrogens (tertiary/aromatic N) is 1. The molecule has 1 aliphatic rings. The summed E-state index contributed by atoms with van der Waals surface area (Å²) in [5.74, 6) is -2.45. The lowest BCUT2D eigenvalue weighted by molar-refractivity contribution is 0.242. The number of halogens is 2. The fraction of sp³-hybridized carbons (Fsp3) is 0.538. The van der Waals surface area contributed by atoms with Crippen LogP contribution in [0.3, 0.4) is 0 Å². The van der Waals surface area contributed by atoms with E-state index in [1.54, 1.807) is 0 Å². The fourth-order valence-electron chi connectivity index (χ4n) is 2.44. The molecule has 2 N–H and O–H groups in total. The molecule has 0 radical (unpaired) electrons. The van der Waals surface area contributed by atoms with Gasteiger partial charge in [0.25, 0.3) is 0 Å². The van der Waals surface area contributed by atoms with Gasteiger partial charge in [-0.05, 0) is 37.8 Å². The van der Waals surface area contributed by atoms with Crippen molar-refractivity contribution in [2.75, 3.05) is 13.1 Å². The largest absolute Gasteiger partial charge is 0.328 e. The van der Waals surface area contributed by atoms with E-state index < -0.39 is 26.6 Å². The predicted molar refractivity (Wildman–Crippen MR) is 71.5 cm³/mol. The summed E-state index contributed by atoms with van der Waals surface area (Å²) in [7, 11) is -4.02. The Hall–Kier alpha value is -1.05. The molecule has 2 unspecified atom stereocenters. The summed E-state index contributed by atoms with van der Waals surface area (Å²) in [6.07, 6.45) is 1.51. The third kappa shape index (κ3) is 2.84. The number of rotatable bonds is 3. The van der Waals surface area contributed by atoms with Crippen LogP contribution in [0.4, 0.5) is 8.78 Å². The Kier molecular flexibility index (Phi) is 4.41. The van der Waals surface area contributed by atoms with Crippen LogP contribution < -0.4 is 5.73 Å². The lowest BCUT2D eigenvalue weighted by Crippen LogP contribution is -2.45. The van der Waals surface area contributed by atoms with Crippen LogP contribution >= 0.6 is 0 Å². The fourth-order valence-corrected chi connectivity index (χ4v) is 4.05. The zero-order valence-electron chi connectivity index (χ0n) is 11.2. The summed E-state index contributed by atoms with van der Waals surface area (Å²) in [6.45, 7) is 2.38. The van der Waals surface area contributed by atoms with Gasteiger partial charge in [-0.2, -0.15) is 4.31 Å². The van der Waals surface area contributed by atoms with Crippen LogP contribution in [0.1, 0.15) is 19.8 Å². The SMILES string of the molecule is CC(N)C1CCCN(S(=O)(=O)c2cccc(F)c2F)C1. The monoisotopic (exact) mass is 304 g/mol. The molecule has 0 spiro atoms. The lowest BCUT2D eigenvalue weighted by Gasteiger charge is -2.33. The highest BCUT2D eigenvalue weighted by molar-refractivity contribution is 7.89. The summed E-state index contributed by atoms with van der Waals surface area (Å²) in [6, 6.07) is 3.04. The molecule has 4 nitrogen and oxygen atoms in total. The van der Waals surface area contributed by atoms with Crippen molar-refractivity contribution in [1.29, 1.82) is 0 Å². The third-order valence-electron chi connectivity index (χ3n) is 3.70. The van der Waals surface area contributed by atoms with E-state index >= 15 is 0 Å². The van der Waals surface area contributed by atoms with Gasteiger partial charge in [0.05, 0.1) is 0 Å². The van der Waals surface area contributed by atoms with Gasteiger partial charge in [0.1, 0.15) is 4.90 Å². The quantitative estimate of drug-likeness (QED) is 0.924. The Labute approximate surface area is 117 Å². The standard InChI is InChI=1S/C13H18F2N2O2S/c1-9(16)10-4-3-7-17(8-10)20(18,19)12-6-2-5-11(14)13(12)15/h2,5-6,9-10H,3-4,7-8,16H2,1H3. The molecule has 1 aromatic carbocycles. The lowest BCUT2D eigenvalue weighted by atomic mass is 9.93. The number of piperidine rings is 1. The molecular formula is C13H18F2N2O2S. The number of hydrogen-bond acceptors (Lipinski definition) is 3. The van der Waals surface area contributed by atoms with Crippen molar-refractivity contribution in [3.05, 3.63) is 29.8 Å². The first kappa shape index (κ1) is 15.3. The molecule has 112 valence electrons. The van der Waals surface area contributed by atoms with E-state index in [4.69, 9.17) is 5.73 Å². The van der Waals surface area contributed by atoms with E-state index in [1.807, 2.05) is 6.92 Å². The first-order valence-corrected chi connectivity index (χ1v) is 7.98. The molecule has 2 rings (SSSR count). The van der Waals surface area contributed by atoms with Gasteiger partial charge in [-0.15, -0.1) is 0 Å².